The largest absolute Gasteiger partial charge is 0.378 e. The lowest BCUT2D eigenvalue weighted by atomic mass is 10.2. The Morgan fingerprint density at radius 2 is 2.09 bits per heavy atom. The first-order valence-electron chi connectivity index (χ1n) is 7.77. The molecule has 122 valence electrons. The molecule has 1 aromatic heterocycles. The van der Waals surface area contributed by atoms with Gasteiger partial charge in [-0.05, 0) is 38.8 Å². The molecule has 5 nitrogen and oxygen atoms in total. The van der Waals surface area contributed by atoms with E-state index in [1.54, 1.807) is 23.2 Å². The van der Waals surface area contributed by atoms with Gasteiger partial charge < -0.3 is 15.0 Å². The molecule has 0 aromatic carbocycles. The molecule has 1 saturated heterocycles. The Kier molecular flexibility index (Phi) is 6.39. The van der Waals surface area contributed by atoms with E-state index in [4.69, 9.17) is 4.74 Å². The van der Waals surface area contributed by atoms with Crippen LogP contribution in [0.3, 0.4) is 0 Å². The minimum absolute atomic E-state index is 0.0227. The van der Waals surface area contributed by atoms with Gasteiger partial charge in [-0.3, -0.25) is 9.59 Å². The van der Waals surface area contributed by atoms with E-state index in [2.05, 4.69) is 24.4 Å². The number of carbonyl (C=O) groups excluding carboxylic acids is 2. The Morgan fingerprint density at radius 1 is 1.36 bits per heavy atom. The Morgan fingerprint density at radius 3 is 2.73 bits per heavy atom. The fraction of sp³-hybridized carbons (Fsp3) is 0.625. The topological polar surface area (TPSA) is 58.6 Å². The van der Waals surface area contributed by atoms with Crippen molar-refractivity contribution in [2.45, 2.75) is 39.2 Å². The van der Waals surface area contributed by atoms with Crippen LogP contribution in [-0.4, -0.2) is 49.1 Å². The molecule has 2 amide bonds. The summed E-state index contributed by atoms with van der Waals surface area (Å²) in [7, 11) is 0. The Balaban J connectivity index is 1.68. The second-order valence-corrected chi connectivity index (χ2v) is 6.97. The monoisotopic (exact) mass is 324 g/mol. The van der Waals surface area contributed by atoms with E-state index in [-0.39, 0.29) is 11.8 Å². The number of amides is 2. The van der Waals surface area contributed by atoms with E-state index in [0.29, 0.717) is 32.7 Å². The molecule has 1 aromatic rings. The van der Waals surface area contributed by atoms with Crippen molar-refractivity contribution in [1.82, 2.24) is 10.2 Å². The molecule has 0 unspecified atom stereocenters. The summed E-state index contributed by atoms with van der Waals surface area (Å²) in [4.78, 5) is 28.5. The van der Waals surface area contributed by atoms with Crippen LogP contribution in [0.25, 0.3) is 0 Å². The average molecular weight is 324 g/mol. The average Bonchev–Trinajstić information content (AvgIpc) is 2.92. The SMILES string of the molecule is Cc1ccc(CCCC(=O)N[C@H](C)C(=O)N2CCOCC2)s1. The third-order valence-corrected chi connectivity index (χ3v) is 4.75. The van der Waals surface area contributed by atoms with Crippen LogP contribution in [0.5, 0.6) is 0 Å². The molecule has 0 radical (unpaired) electrons. The van der Waals surface area contributed by atoms with Crippen molar-refractivity contribution in [2.75, 3.05) is 26.3 Å². The molecule has 1 aliphatic heterocycles. The molecule has 22 heavy (non-hydrogen) atoms. The summed E-state index contributed by atoms with van der Waals surface area (Å²) in [6.45, 7) is 6.20. The van der Waals surface area contributed by atoms with Crippen LogP contribution in [0.2, 0.25) is 0 Å². The fourth-order valence-electron chi connectivity index (χ4n) is 2.48. The molecule has 2 heterocycles. The van der Waals surface area contributed by atoms with Gasteiger partial charge in [-0.15, -0.1) is 11.3 Å². The van der Waals surface area contributed by atoms with E-state index < -0.39 is 6.04 Å². The molecule has 0 bridgehead atoms. The van der Waals surface area contributed by atoms with Gasteiger partial charge in [-0.25, -0.2) is 0 Å². The van der Waals surface area contributed by atoms with Crippen molar-refractivity contribution in [3.8, 4) is 0 Å². The van der Waals surface area contributed by atoms with Crippen molar-refractivity contribution >= 4 is 23.2 Å². The van der Waals surface area contributed by atoms with Gasteiger partial charge in [0.05, 0.1) is 13.2 Å². The van der Waals surface area contributed by atoms with E-state index in [9.17, 15) is 9.59 Å². The number of thiophene rings is 1. The number of aryl methyl sites for hydroxylation is 2. The highest BCUT2D eigenvalue weighted by molar-refractivity contribution is 7.11. The van der Waals surface area contributed by atoms with Crippen molar-refractivity contribution in [3.63, 3.8) is 0 Å². The summed E-state index contributed by atoms with van der Waals surface area (Å²) in [6, 6.07) is 3.75. The number of ether oxygens (including phenoxy) is 1. The molecule has 0 saturated carbocycles. The maximum Gasteiger partial charge on any atom is 0.245 e. The van der Waals surface area contributed by atoms with Crippen LogP contribution in [0, 0.1) is 6.92 Å². The van der Waals surface area contributed by atoms with Gasteiger partial charge >= 0.3 is 0 Å². The minimum atomic E-state index is -0.463. The van der Waals surface area contributed by atoms with E-state index in [1.165, 1.54) is 9.75 Å². The zero-order valence-corrected chi connectivity index (χ0v) is 14.1. The third kappa shape index (κ3) is 5.10. The first kappa shape index (κ1) is 17.0. The van der Waals surface area contributed by atoms with Gasteiger partial charge in [0.15, 0.2) is 0 Å². The van der Waals surface area contributed by atoms with E-state index in [1.807, 2.05) is 0 Å². The Labute approximate surface area is 135 Å². The minimum Gasteiger partial charge on any atom is -0.378 e. The van der Waals surface area contributed by atoms with Crippen LogP contribution < -0.4 is 5.32 Å². The van der Waals surface area contributed by atoms with Crippen LogP contribution in [0.15, 0.2) is 12.1 Å². The maximum absolute atomic E-state index is 12.2. The second kappa shape index (κ2) is 8.29. The highest BCUT2D eigenvalue weighted by atomic mass is 32.1. The number of rotatable bonds is 6. The summed E-state index contributed by atoms with van der Waals surface area (Å²) in [6.07, 6.45) is 2.18. The van der Waals surface area contributed by atoms with Crippen LogP contribution in [0.1, 0.15) is 29.5 Å². The lowest BCUT2D eigenvalue weighted by Crippen LogP contribution is -2.50. The van der Waals surface area contributed by atoms with Crippen molar-refractivity contribution < 1.29 is 14.3 Å². The molecule has 1 N–H and O–H groups in total. The number of morpholine rings is 1. The molecule has 1 atom stereocenters. The second-order valence-electron chi connectivity index (χ2n) is 5.59. The van der Waals surface area contributed by atoms with Crippen molar-refractivity contribution in [1.29, 1.82) is 0 Å². The van der Waals surface area contributed by atoms with Gasteiger partial charge in [0.2, 0.25) is 11.8 Å². The summed E-state index contributed by atoms with van der Waals surface area (Å²) in [5, 5.41) is 2.80. The molecule has 1 fully saturated rings. The van der Waals surface area contributed by atoms with Crippen LogP contribution in [0.4, 0.5) is 0 Å². The predicted molar refractivity (Wildman–Crippen MR) is 87.0 cm³/mol. The van der Waals surface area contributed by atoms with Gasteiger partial charge in [-0.2, -0.15) is 0 Å². The summed E-state index contributed by atoms with van der Waals surface area (Å²) >= 11 is 1.77. The Bertz CT molecular complexity index is 509. The van der Waals surface area contributed by atoms with E-state index >= 15 is 0 Å². The standard InChI is InChI=1S/C16H24N2O3S/c1-12-6-7-14(22-12)4-3-5-15(19)17-13(2)16(20)18-8-10-21-11-9-18/h6-7,13H,3-5,8-11H2,1-2H3,(H,17,19)/t13-/m1/s1. The first-order valence-corrected chi connectivity index (χ1v) is 8.59. The first-order chi connectivity index (χ1) is 10.6. The smallest absolute Gasteiger partial charge is 0.245 e. The third-order valence-electron chi connectivity index (χ3n) is 3.69. The molecule has 0 aliphatic carbocycles. The number of nitrogens with one attached hydrogen (secondary N) is 1. The number of nitrogens with zero attached hydrogens (tertiary/aromatic N) is 1. The molecule has 1 aliphatic rings. The Hall–Kier alpha value is -1.40. The molecular weight excluding hydrogens is 300 g/mol. The molecule has 2 rings (SSSR count). The summed E-state index contributed by atoms with van der Waals surface area (Å²) < 4.78 is 5.23. The fourth-order valence-corrected chi connectivity index (χ4v) is 3.41. The highest BCUT2D eigenvalue weighted by Crippen LogP contribution is 2.17. The summed E-state index contributed by atoms with van der Waals surface area (Å²) in [5.74, 6) is -0.0760. The van der Waals surface area contributed by atoms with Crippen molar-refractivity contribution in [3.05, 3.63) is 21.9 Å². The quantitative estimate of drug-likeness (QED) is 0.867. The van der Waals surface area contributed by atoms with Crippen molar-refractivity contribution in [2.24, 2.45) is 0 Å². The maximum atomic E-state index is 12.2. The molecular formula is C16H24N2O3S. The highest BCUT2D eigenvalue weighted by Gasteiger charge is 2.23. The van der Waals surface area contributed by atoms with Gasteiger partial charge in [0.25, 0.3) is 0 Å². The zero-order valence-electron chi connectivity index (χ0n) is 13.3. The zero-order chi connectivity index (χ0) is 15.9. The molecule has 0 spiro atoms. The van der Waals surface area contributed by atoms with E-state index in [0.717, 1.165) is 12.8 Å². The number of hydrogen-bond acceptors (Lipinski definition) is 4. The van der Waals surface area contributed by atoms with Gasteiger partial charge in [0, 0.05) is 29.3 Å². The lowest BCUT2D eigenvalue weighted by molar-refractivity contribution is -0.139. The number of carbonyl (C=O) groups is 2. The predicted octanol–water partition coefficient (Wildman–Crippen LogP) is 1.74. The van der Waals surface area contributed by atoms with Crippen LogP contribution in [-0.2, 0) is 20.7 Å². The summed E-state index contributed by atoms with van der Waals surface area (Å²) in [5.41, 5.74) is 0. The lowest BCUT2D eigenvalue weighted by Gasteiger charge is -2.29. The van der Waals surface area contributed by atoms with Crippen LogP contribution >= 0.6 is 11.3 Å². The van der Waals surface area contributed by atoms with Gasteiger partial charge in [0.1, 0.15) is 6.04 Å². The van der Waals surface area contributed by atoms with Gasteiger partial charge in [-0.1, -0.05) is 0 Å². The number of hydrogen-bond donors (Lipinski definition) is 1. The normalized spacial score (nSPS) is 16.4. The molecule has 6 heteroatoms.